The number of hydrogen-bond acceptors (Lipinski definition) is 5. The molecule has 66 valence electrons. The van der Waals surface area contributed by atoms with Crippen LogP contribution in [0.3, 0.4) is 0 Å². The third-order valence-electron chi connectivity index (χ3n) is 1.90. The van der Waals surface area contributed by atoms with Gasteiger partial charge < -0.3 is 9.63 Å². The number of aliphatic hydroxyl groups is 1. The Morgan fingerprint density at radius 2 is 2.58 bits per heavy atom. The van der Waals surface area contributed by atoms with Gasteiger partial charge in [-0.25, -0.2) is 0 Å². The maximum Gasteiger partial charge on any atom is 0.230 e. The van der Waals surface area contributed by atoms with Crippen LogP contribution in [0.15, 0.2) is 4.52 Å². The molecule has 1 fully saturated rings. The Morgan fingerprint density at radius 3 is 3.17 bits per heavy atom. The molecule has 1 aliphatic rings. The molecule has 0 bridgehead atoms. The van der Waals surface area contributed by atoms with Crippen molar-refractivity contribution in [1.29, 1.82) is 0 Å². The Hall–Kier alpha value is -0.550. The summed E-state index contributed by atoms with van der Waals surface area (Å²) >= 11 is 1.90. The van der Waals surface area contributed by atoms with E-state index in [1.54, 1.807) is 0 Å². The summed E-state index contributed by atoms with van der Waals surface area (Å²) in [6.07, 6.45) is 1.11. The second kappa shape index (κ2) is 3.45. The number of thioether (sulfide) groups is 1. The highest BCUT2D eigenvalue weighted by Gasteiger charge is 2.23. The predicted octanol–water partition coefficient (Wildman–Crippen LogP) is 0.782. The van der Waals surface area contributed by atoms with E-state index in [-0.39, 0.29) is 6.61 Å². The molecule has 5 heteroatoms. The van der Waals surface area contributed by atoms with Crippen molar-refractivity contribution < 1.29 is 9.63 Å². The SMILES string of the molecule is OCc1noc(C2CCSC2)n1. The third kappa shape index (κ3) is 1.47. The van der Waals surface area contributed by atoms with Gasteiger partial charge >= 0.3 is 0 Å². The highest BCUT2D eigenvalue weighted by molar-refractivity contribution is 7.99. The molecule has 1 aromatic heterocycles. The molecule has 1 saturated heterocycles. The zero-order valence-corrected chi connectivity index (χ0v) is 7.38. The second-order valence-electron chi connectivity index (χ2n) is 2.77. The van der Waals surface area contributed by atoms with Crippen LogP contribution in [0.5, 0.6) is 0 Å². The Bertz CT molecular complexity index is 258. The second-order valence-corrected chi connectivity index (χ2v) is 3.92. The van der Waals surface area contributed by atoms with Crippen molar-refractivity contribution in [3.05, 3.63) is 11.7 Å². The fourth-order valence-corrected chi connectivity index (χ4v) is 2.44. The molecule has 12 heavy (non-hydrogen) atoms. The molecule has 4 nitrogen and oxygen atoms in total. The number of rotatable bonds is 2. The van der Waals surface area contributed by atoms with Crippen molar-refractivity contribution in [2.24, 2.45) is 0 Å². The van der Waals surface area contributed by atoms with Crippen LogP contribution in [0, 0.1) is 0 Å². The van der Waals surface area contributed by atoms with Crippen molar-refractivity contribution >= 4 is 11.8 Å². The summed E-state index contributed by atoms with van der Waals surface area (Å²) in [6, 6.07) is 0. The van der Waals surface area contributed by atoms with Gasteiger partial charge in [-0.1, -0.05) is 5.16 Å². The van der Waals surface area contributed by atoms with Gasteiger partial charge in [0.25, 0.3) is 0 Å². The normalized spacial score (nSPS) is 23.2. The lowest BCUT2D eigenvalue weighted by atomic mass is 10.1. The standard InChI is InChI=1S/C7H10N2O2S/c10-3-6-8-7(11-9-6)5-1-2-12-4-5/h5,10H,1-4H2. The lowest BCUT2D eigenvalue weighted by Gasteiger charge is -1.97. The first-order chi connectivity index (χ1) is 5.90. The zero-order chi connectivity index (χ0) is 8.39. The fourth-order valence-electron chi connectivity index (χ4n) is 1.23. The van der Waals surface area contributed by atoms with Gasteiger partial charge in [0, 0.05) is 11.7 Å². The van der Waals surface area contributed by atoms with Gasteiger partial charge in [-0.2, -0.15) is 16.7 Å². The summed E-state index contributed by atoms with van der Waals surface area (Å²) in [4.78, 5) is 4.07. The summed E-state index contributed by atoms with van der Waals surface area (Å²) in [5, 5.41) is 12.3. The van der Waals surface area contributed by atoms with E-state index in [0.29, 0.717) is 17.6 Å². The molecule has 0 aliphatic carbocycles. The number of aliphatic hydroxyl groups excluding tert-OH is 1. The van der Waals surface area contributed by atoms with Crippen LogP contribution in [0.25, 0.3) is 0 Å². The van der Waals surface area contributed by atoms with Crippen LogP contribution in [0.1, 0.15) is 24.1 Å². The highest BCUT2D eigenvalue weighted by Crippen LogP contribution is 2.31. The van der Waals surface area contributed by atoms with Crippen molar-refractivity contribution in [3.8, 4) is 0 Å². The molecule has 2 rings (SSSR count). The monoisotopic (exact) mass is 186 g/mol. The van der Waals surface area contributed by atoms with Gasteiger partial charge in [0.1, 0.15) is 6.61 Å². The Morgan fingerprint density at radius 1 is 1.67 bits per heavy atom. The minimum absolute atomic E-state index is 0.136. The van der Waals surface area contributed by atoms with Gasteiger partial charge in [-0.3, -0.25) is 0 Å². The van der Waals surface area contributed by atoms with Gasteiger partial charge in [0.2, 0.25) is 5.89 Å². The van der Waals surface area contributed by atoms with E-state index in [0.717, 1.165) is 12.2 Å². The van der Waals surface area contributed by atoms with E-state index in [1.165, 1.54) is 5.75 Å². The number of hydrogen-bond donors (Lipinski definition) is 1. The Kier molecular flexibility index (Phi) is 2.32. The minimum Gasteiger partial charge on any atom is -0.388 e. The largest absolute Gasteiger partial charge is 0.388 e. The summed E-state index contributed by atoms with van der Waals surface area (Å²) in [6.45, 7) is -0.136. The van der Waals surface area contributed by atoms with E-state index >= 15 is 0 Å². The molecular formula is C7H10N2O2S. The van der Waals surface area contributed by atoms with Crippen LogP contribution in [0.2, 0.25) is 0 Å². The molecule has 1 unspecified atom stereocenters. The molecule has 0 aromatic carbocycles. The molecule has 0 saturated carbocycles. The third-order valence-corrected chi connectivity index (χ3v) is 3.07. The Labute approximate surface area is 74.4 Å². The number of aromatic nitrogens is 2. The van der Waals surface area contributed by atoms with Crippen LogP contribution >= 0.6 is 11.8 Å². The molecule has 2 heterocycles. The zero-order valence-electron chi connectivity index (χ0n) is 6.56. The summed E-state index contributed by atoms with van der Waals surface area (Å²) in [5.74, 6) is 3.71. The smallest absolute Gasteiger partial charge is 0.230 e. The van der Waals surface area contributed by atoms with E-state index in [1.807, 2.05) is 11.8 Å². The summed E-state index contributed by atoms with van der Waals surface area (Å²) in [7, 11) is 0. The molecular weight excluding hydrogens is 176 g/mol. The van der Waals surface area contributed by atoms with E-state index in [9.17, 15) is 0 Å². The molecule has 0 spiro atoms. The topological polar surface area (TPSA) is 59.2 Å². The molecule has 1 atom stereocenters. The average molecular weight is 186 g/mol. The molecule has 0 radical (unpaired) electrons. The van der Waals surface area contributed by atoms with Crippen molar-refractivity contribution in [1.82, 2.24) is 10.1 Å². The van der Waals surface area contributed by atoms with Crippen LogP contribution in [-0.2, 0) is 6.61 Å². The maximum absolute atomic E-state index is 8.70. The Balaban J connectivity index is 2.11. The van der Waals surface area contributed by atoms with Gasteiger partial charge in [-0.15, -0.1) is 0 Å². The van der Waals surface area contributed by atoms with Gasteiger partial charge in [0.15, 0.2) is 5.82 Å². The molecule has 1 aromatic rings. The molecule has 1 aliphatic heterocycles. The first-order valence-electron chi connectivity index (χ1n) is 3.91. The maximum atomic E-state index is 8.70. The summed E-state index contributed by atoms with van der Waals surface area (Å²) in [5.41, 5.74) is 0. The van der Waals surface area contributed by atoms with Crippen molar-refractivity contribution in [3.63, 3.8) is 0 Å². The first kappa shape index (κ1) is 8.07. The average Bonchev–Trinajstić information content (AvgIpc) is 2.75. The fraction of sp³-hybridized carbons (Fsp3) is 0.714. The molecule has 0 amide bonds. The van der Waals surface area contributed by atoms with E-state index in [4.69, 9.17) is 9.63 Å². The predicted molar refractivity (Wildman–Crippen MR) is 44.9 cm³/mol. The lowest BCUT2D eigenvalue weighted by Crippen LogP contribution is -1.96. The first-order valence-corrected chi connectivity index (χ1v) is 5.06. The van der Waals surface area contributed by atoms with Crippen molar-refractivity contribution in [2.45, 2.75) is 18.9 Å². The van der Waals surface area contributed by atoms with Gasteiger partial charge in [-0.05, 0) is 12.2 Å². The van der Waals surface area contributed by atoms with Crippen LogP contribution < -0.4 is 0 Å². The van der Waals surface area contributed by atoms with E-state index in [2.05, 4.69) is 10.1 Å². The van der Waals surface area contributed by atoms with E-state index < -0.39 is 0 Å². The quantitative estimate of drug-likeness (QED) is 0.739. The lowest BCUT2D eigenvalue weighted by molar-refractivity contribution is 0.262. The number of nitrogens with zero attached hydrogens (tertiary/aromatic N) is 2. The minimum atomic E-state index is -0.136. The summed E-state index contributed by atoms with van der Waals surface area (Å²) < 4.78 is 5.00. The van der Waals surface area contributed by atoms with Crippen LogP contribution in [-0.4, -0.2) is 26.8 Å². The van der Waals surface area contributed by atoms with Gasteiger partial charge in [0.05, 0.1) is 0 Å². The van der Waals surface area contributed by atoms with Crippen LogP contribution in [0.4, 0.5) is 0 Å². The highest BCUT2D eigenvalue weighted by atomic mass is 32.2. The van der Waals surface area contributed by atoms with Crippen molar-refractivity contribution in [2.75, 3.05) is 11.5 Å². The molecule has 1 N–H and O–H groups in total.